The average Bonchev–Trinajstić information content (AvgIpc) is 3.52. The van der Waals surface area contributed by atoms with Crippen LogP contribution in [0.25, 0.3) is 22.3 Å². The number of fused-ring (bicyclic) bond motifs is 1. The highest BCUT2D eigenvalue weighted by atomic mass is 19.1. The van der Waals surface area contributed by atoms with Gasteiger partial charge in [-0.15, -0.1) is 0 Å². The van der Waals surface area contributed by atoms with E-state index in [4.69, 9.17) is 19.6 Å². The molecule has 0 bridgehead atoms. The maximum Gasteiger partial charge on any atom is 0.161 e. The first-order valence-electron chi connectivity index (χ1n) is 18.5. The SMILES string of the molecule is Cc1nn(C2CCCCO2)c2nc(-c3ccc(OCc4ccccc4)cc3F)cc(CN3CC(c4ccccc4)N(Cc4ccccc4)CC3C)c12. The number of halogens is 1. The second kappa shape index (κ2) is 15.4. The molecule has 2 saturated heterocycles. The van der Waals surface area contributed by atoms with Crippen LogP contribution in [0, 0.1) is 12.7 Å². The van der Waals surface area contributed by atoms with Crippen LogP contribution < -0.4 is 4.74 Å². The number of nitrogens with zero attached hydrogens (tertiary/aromatic N) is 5. The number of benzene rings is 4. The Morgan fingerprint density at radius 2 is 1.54 bits per heavy atom. The van der Waals surface area contributed by atoms with Crippen LogP contribution >= 0.6 is 0 Å². The Morgan fingerprint density at radius 3 is 2.25 bits per heavy atom. The molecule has 0 N–H and O–H groups in total. The third kappa shape index (κ3) is 7.37. The molecule has 0 aliphatic carbocycles. The summed E-state index contributed by atoms with van der Waals surface area (Å²) in [6.07, 6.45) is 2.79. The van der Waals surface area contributed by atoms with Crippen LogP contribution in [0.2, 0.25) is 0 Å². The molecule has 4 heterocycles. The van der Waals surface area contributed by atoms with Gasteiger partial charge in [0.05, 0.1) is 11.4 Å². The summed E-state index contributed by atoms with van der Waals surface area (Å²) >= 11 is 0. The molecule has 0 radical (unpaired) electrons. The summed E-state index contributed by atoms with van der Waals surface area (Å²) < 4.78 is 30.2. The van der Waals surface area contributed by atoms with E-state index in [-0.39, 0.29) is 24.1 Å². The highest BCUT2D eigenvalue weighted by Crippen LogP contribution is 2.36. The van der Waals surface area contributed by atoms with Crippen LogP contribution in [0.4, 0.5) is 4.39 Å². The molecular weight excluding hydrogens is 650 g/mol. The van der Waals surface area contributed by atoms with Crippen LogP contribution in [0.1, 0.15) is 66.4 Å². The number of aromatic nitrogens is 3. The van der Waals surface area contributed by atoms with E-state index in [9.17, 15) is 0 Å². The van der Waals surface area contributed by atoms with E-state index < -0.39 is 0 Å². The summed E-state index contributed by atoms with van der Waals surface area (Å²) in [5.74, 6) is 0.115. The minimum absolute atomic E-state index is 0.193. The van der Waals surface area contributed by atoms with Crippen LogP contribution in [0.15, 0.2) is 115 Å². The van der Waals surface area contributed by atoms with E-state index in [1.807, 2.05) is 41.1 Å². The molecule has 7 nitrogen and oxygen atoms in total. The van der Waals surface area contributed by atoms with Gasteiger partial charge in [0.25, 0.3) is 0 Å². The summed E-state index contributed by atoms with van der Waals surface area (Å²) in [6, 6.07) is 39.2. The fourth-order valence-electron chi connectivity index (χ4n) is 7.84. The number of aryl methyl sites for hydroxylation is 1. The second-order valence-electron chi connectivity index (χ2n) is 14.3. The van der Waals surface area contributed by atoms with E-state index in [0.717, 1.165) is 66.8 Å². The maximum absolute atomic E-state index is 16.1. The molecule has 6 aromatic rings. The van der Waals surface area contributed by atoms with E-state index in [1.165, 1.54) is 17.2 Å². The van der Waals surface area contributed by atoms with Crippen molar-refractivity contribution in [1.29, 1.82) is 0 Å². The van der Waals surface area contributed by atoms with Crippen molar-refractivity contribution >= 4 is 11.0 Å². The van der Waals surface area contributed by atoms with Gasteiger partial charge in [-0.25, -0.2) is 14.1 Å². The van der Waals surface area contributed by atoms with Crippen molar-refractivity contribution in [2.24, 2.45) is 0 Å². The number of rotatable bonds is 10. The highest BCUT2D eigenvalue weighted by molar-refractivity contribution is 5.85. The number of hydrogen-bond donors (Lipinski definition) is 0. The summed E-state index contributed by atoms with van der Waals surface area (Å²) in [4.78, 5) is 10.3. The zero-order valence-electron chi connectivity index (χ0n) is 30.0. The molecule has 2 aromatic heterocycles. The molecule has 0 saturated carbocycles. The van der Waals surface area contributed by atoms with Gasteiger partial charge in [0.1, 0.15) is 18.2 Å². The number of pyridine rings is 1. The Balaban J connectivity index is 1.14. The molecule has 2 aliphatic heterocycles. The molecule has 2 fully saturated rings. The van der Waals surface area contributed by atoms with Gasteiger partial charge in [-0.3, -0.25) is 9.80 Å². The minimum atomic E-state index is -0.368. The molecule has 2 aliphatic rings. The molecule has 3 atom stereocenters. The third-order valence-electron chi connectivity index (χ3n) is 10.6. The van der Waals surface area contributed by atoms with Crippen molar-refractivity contribution in [2.75, 3.05) is 19.7 Å². The quantitative estimate of drug-likeness (QED) is 0.142. The first-order chi connectivity index (χ1) is 25.5. The molecule has 8 heteroatoms. The minimum Gasteiger partial charge on any atom is -0.489 e. The first kappa shape index (κ1) is 34.2. The van der Waals surface area contributed by atoms with E-state index in [0.29, 0.717) is 36.8 Å². The zero-order valence-corrected chi connectivity index (χ0v) is 30.0. The Bertz CT molecular complexity index is 2100. The van der Waals surface area contributed by atoms with Crippen molar-refractivity contribution in [3.63, 3.8) is 0 Å². The summed E-state index contributed by atoms with van der Waals surface area (Å²) in [7, 11) is 0. The Hall–Kier alpha value is -4.89. The van der Waals surface area contributed by atoms with Gasteiger partial charge in [-0.05, 0) is 73.6 Å². The second-order valence-corrected chi connectivity index (χ2v) is 14.3. The normalized spacial score (nSPS) is 19.9. The van der Waals surface area contributed by atoms with E-state index >= 15 is 4.39 Å². The van der Waals surface area contributed by atoms with Crippen molar-refractivity contribution in [3.05, 3.63) is 149 Å². The molecule has 4 aromatic carbocycles. The Kier molecular flexibility index (Phi) is 10.1. The van der Waals surface area contributed by atoms with Crippen molar-refractivity contribution in [2.45, 2.75) is 71.1 Å². The molecular formula is C44H46FN5O2. The Morgan fingerprint density at radius 1 is 0.808 bits per heavy atom. The fraction of sp³-hybridized carbons (Fsp3) is 0.318. The lowest BCUT2D eigenvalue weighted by Crippen LogP contribution is -2.52. The van der Waals surface area contributed by atoms with E-state index in [1.54, 1.807) is 6.07 Å². The molecule has 0 amide bonds. The molecule has 52 heavy (non-hydrogen) atoms. The lowest BCUT2D eigenvalue weighted by molar-refractivity contribution is -0.0371. The largest absolute Gasteiger partial charge is 0.489 e. The predicted octanol–water partition coefficient (Wildman–Crippen LogP) is 9.27. The standard InChI is InChI=1S/C44H46FN5O2/c1-31-26-49(27-33-14-6-3-7-15-33)41(35-18-10-5-11-19-35)29-48(31)28-36-24-40(46-44-43(36)32(2)47-50(44)42-20-12-13-23-51-42)38-22-21-37(25-39(38)45)52-30-34-16-8-4-9-17-34/h3-11,14-19,21-22,24-25,31,41-42H,12-13,20,23,26-30H2,1-2H3. The first-order valence-corrected chi connectivity index (χ1v) is 18.5. The van der Waals surface area contributed by atoms with Gasteiger partial charge in [-0.2, -0.15) is 5.10 Å². The van der Waals surface area contributed by atoms with Gasteiger partial charge >= 0.3 is 0 Å². The molecule has 8 rings (SSSR count). The van der Waals surface area contributed by atoms with Crippen LogP contribution in [0.3, 0.4) is 0 Å². The van der Waals surface area contributed by atoms with Gasteiger partial charge in [0.2, 0.25) is 0 Å². The van der Waals surface area contributed by atoms with Crippen LogP contribution in [-0.2, 0) is 24.4 Å². The maximum atomic E-state index is 16.1. The summed E-state index contributed by atoms with van der Waals surface area (Å²) in [5.41, 5.74) is 7.44. The molecule has 0 spiro atoms. The van der Waals surface area contributed by atoms with Crippen molar-refractivity contribution < 1.29 is 13.9 Å². The van der Waals surface area contributed by atoms with Crippen molar-refractivity contribution in [1.82, 2.24) is 24.6 Å². The summed E-state index contributed by atoms with van der Waals surface area (Å²) in [6.45, 7) is 8.80. The smallest absolute Gasteiger partial charge is 0.161 e. The van der Waals surface area contributed by atoms with Gasteiger partial charge in [0.15, 0.2) is 11.9 Å². The topological polar surface area (TPSA) is 55.7 Å². The monoisotopic (exact) mass is 695 g/mol. The zero-order chi connectivity index (χ0) is 35.4. The van der Waals surface area contributed by atoms with Gasteiger partial charge < -0.3 is 9.47 Å². The van der Waals surface area contributed by atoms with Crippen LogP contribution in [0.5, 0.6) is 5.75 Å². The van der Waals surface area contributed by atoms with Crippen molar-refractivity contribution in [3.8, 4) is 17.0 Å². The summed E-state index contributed by atoms with van der Waals surface area (Å²) in [5, 5.41) is 6.05. The van der Waals surface area contributed by atoms with Gasteiger partial charge in [-0.1, -0.05) is 91.0 Å². The average molecular weight is 696 g/mol. The van der Waals surface area contributed by atoms with E-state index in [2.05, 4.69) is 90.4 Å². The number of piperazine rings is 1. The highest BCUT2D eigenvalue weighted by Gasteiger charge is 2.34. The number of hydrogen-bond acceptors (Lipinski definition) is 6. The third-order valence-corrected chi connectivity index (χ3v) is 10.6. The lowest BCUT2D eigenvalue weighted by atomic mass is 9.97. The molecule has 266 valence electrons. The fourth-order valence-corrected chi connectivity index (χ4v) is 7.84. The molecule has 3 unspecified atom stereocenters. The lowest BCUT2D eigenvalue weighted by Gasteiger charge is -2.46. The number of ether oxygens (including phenoxy) is 2. The Labute approximate surface area is 305 Å². The van der Waals surface area contributed by atoms with Gasteiger partial charge in [0, 0.05) is 61.9 Å². The van der Waals surface area contributed by atoms with Crippen LogP contribution in [-0.4, -0.2) is 50.3 Å². The predicted molar refractivity (Wildman–Crippen MR) is 203 cm³/mol.